The van der Waals surface area contributed by atoms with E-state index in [-0.39, 0.29) is 23.4 Å². The van der Waals surface area contributed by atoms with Gasteiger partial charge in [0.15, 0.2) is 10.9 Å². The van der Waals surface area contributed by atoms with Gasteiger partial charge in [0.1, 0.15) is 0 Å². The maximum atomic E-state index is 12.3. The maximum absolute atomic E-state index is 12.3. The van der Waals surface area contributed by atoms with Gasteiger partial charge in [0.2, 0.25) is 0 Å². The van der Waals surface area contributed by atoms with Crippen molar-refractivity contribution in [2.45, 2.75) is 44.9 Å². The summed E-state index contributed by atoms with van der Waals surface area (Å²) in [7, 11) is -3.75. The quantitative estimate of drug-likeness (QED) is 0.524. The van der Waals surface area contributed by atoms with Crippen LogP contribution in [0, 0.1) is 6.92 Å². The highest BCUT2D eigenvalue weighted by Gasteiger charge is 2.24. The normalized spacial score (nSPS) is 12.2. The number of nitrogens with one attached hydrogen (secondary N) is 4. The molecule has 2 aromatic rings. The minimum Gasteiger partial charge on any atom is -0.310 e. The van der Waals surface area contributed by atoms with E-state index in [9.17, 15) is 8.42 Å². The number of H-pyrrole nitrogens is 2. The lowest BCUT2D eigenvalue weighted by Gasteiger charge is -2.09. The first kappa shape index (κ1) is 15.5. The van der Waals surface area contributed by atoms with Crippen LogP contribution in [0.15, 0.2) is 5.03 Å². The lowest BCUT2D eigenvalue weighted by molar-refractivity contribution is 0.562. The highest BCUT2D eigenvalue weighted by atomic mass is 32.2. The molecule has 0 bridgehead atoms. The molecule has 0 atom stereocenters. The number of aromatic nitrogens is 6. The summed E-state index contributed by atoms with van der Waals surface area (Å²) in [4.78, 5) is 0. The van der Waals surface area contributed by atoms with Crippen molar-refractivity contribution in [3.8, 4) is 0 Å². The van der Waals surface area contributed by atoms with Gasteiger partial charge in [0.05, 0.1) is 6.54 Å². The zero-order valence-corrected chi connectivity index (χ0v) is 12.8. The topological polar surface area (TPSA) is 141 Å². The molecule has 0 fully saturated rings. The first-order valence-corrected chi connectivity index (χ1v) is 7.87. The van der Waals surface area contributed by atoms with Crippen molar-refractivity contribution >= 4 is 10.0 Å². The Labute approximate surface area is 122 Å². The van der Waals surface area contributed by atoms with E-state index in [0.717, 1.165) is 0 Å². The van der Waals surface area contributed by atoms with E-state index in [0.29, 0.717) is 17.8 Å². The van der Waals surface area contributed by atoms with Gasteiger partial charge in [0, 0.05) is 23.8 Å². The molecule has 2 rings (SSSR count). The molecule has 21 heavy (non-hydrogen) atoms. The lowest BCUT2D eigenvalue weighted by atomic mass is 10.2. The van der Waals surface area contributed by atoms with E-state index in [1.807, 2.05) is 13.8 Å². The second-order valence-electron chi connectivity index (χ2n) is 4.82. The van der Waals surface area contributed by atoms with Crippen molar-refractivity contribution in [2.24, 2.45) is 0 Å². The fourth-order valence-corrected chi connectivity index (χ4v) is 2.82. The van der Waals surface area contributed by atoms with E-state index in [2.05, 4.69) is 40.9 Å². The molecule has 4 N–H and O–H groups in total. The molecule has 2 heterocycles. The molecular formula is C10H18N8O2S. The van der Waals surface area contributed by atoms with Crippen LogP contribution in [-0.4, -0.2) is 45.3 Å². The Kier molecular flexibility index (Phi) is 4.65. The average molecular weight is 314 g/mol. The van der Waals surface area contributed by atoms with Crippen LogP contribution in [0.4, 0.5) is 0 Å². The highest BCUT2D eigenvalue weighted by Crippen LogP contribution is 2.16. The largest absolute Gasteiger partial charge is 0.310 e. The summed E-state index contributed by atoms with van der Waals surface area (Å²) >= 11 is 0. The minimum atomic E-state index is -3.75. The van der Waals surface area contributed by atoms with E-state index in [4.69, 9.17) is 0 Å². The molecule has 0 radical (unpaired) electrons. The molecule has 0 spiro atoms. The number of tetrazole rings is 1. The summed E-state index contributed by atoms with van der Waals surface area (Å²) in [6.45, 7) is 6.11. The molecule has 0 unspecified atom stereocenters. The van der Waals surface area contributed by atoms with E-state index in [1.165, 1.54) is 0 Å². The summed E-state index contributed by atoms with van der Waals surface area (Å²) in [5.41, 5.74) is 1.33. The van der Waals surface area contributed by atoms with Gasteiger partial charge in [-0.2, -0.15) is 10.3 Å². The summed E-state index contributed by atoms with van der Waals surface area (Å²) in [5.74, 6) is 0.257. The molecule has 116 valence electrons. The van der Waals surface area contributed by atoms with Gasteiger partial charge < -0.3 is 5.32 Å². The molecular weight excluding hydrogens is 296 g/mol. The number of hydrogen-bond acceptors (Lipinski definition) is 7. The van der Waals surface area contributed by atoms with Crippen LogP contribution in [0.3, 0.4) is 0 Å². The summed E-state index contributed by atoms with van der Waals surface area (Å²) in [6.07, 6.45) is 0. The fourth-order valence-electron chi connectivity index (χ4n) is 1.65. The highest BCUT2D eigenvalue weighted by molar-refractivity contribution is 7.89. The number of hydrogen-bond donors (Lipinski definition) is 4. The van der Waals surface area contributed by atoms with Crippen molar-refractivity contribution in [3.63, 3.8) is 0 Å². The Morgan fingerprint density at radius 1 is 1.24 bits per heavy atom. The predicted molar refractivity (Wildman–Crippen MR) is 73.5 cm³/mol. The number of nitrogens with zero attached hydrogens (tertiary/aromatic N) is 4. The predicted octanol–water partition coefficient (Wildman–Crippen LogP) is -0.792. The molecule has 10 nitrogen and oxygen atoms in total. The maximum Gasteiger partial charge on any atom is 0.260 e. The zero-order valence-electron chi connectivity index (χ0n) is 12.0. The molecule has 0 aromatic carbocycles. The second kappa shape index (κ2) is 6.28. The van der Waals surface area contributed by atoms with Gasteiger partial charge in [-0.1, -0.05) is 19.1 Å². The third-order valence-corrected chi connectivity index (χ3v) is 4.16. The first-order chi connectivity index (χ1) is 9.90. The Morgan fingerprint density at radius 2 is 2.00 bits per heavy atom. The summed E-state index contributed by atoms with van der Waals surface area (Å²) < 4.78 is 27.0. The van der Waals surface area contributed by atoms with Gasteiger partial charge in [-0.3, -0.25) is 5.10 Å². The van der Waals surface area contributed by atoms with Gasteiger partial charge in [0.25, 0.3) is 10.0 Å². The van der Waals surface area contributed by atoms with Gasteiger partial charge >= 0.3 is 0 Å². The number of aryl methyl sites for hydroxylation is 1. The Morgan fingerprint density at radius 3 is 2.62 bits per heavy atom. The standard InChI is InChI=1S/C10H18N8O2S/c1-6(2)11-4-8-7(3)13-16-10(8)21(19,20)12-5-9-14-17-18-15-9/h6,11-12H,4-5H2,1-3H3,(H,13,16)(H,14,15,17,18). The van der Waals surface area contributed by atoms with Crippen LogP contribution in [0.1, 0.15) is 30.9 Å². The third kappa shape index (κ3) is 3.83. The van der Waals surface area contributed by atoms with Gasteiger partial charge in [-0.25, -0.2) is 13.1 Å². The second-order valence-corrected chi connectivity index (χ2v) is 6.50. The minimum absolute atomic E-state index is 0.0170. The summed E-state index contributed by atoms with van der Waals surface area (Å²) in [5, 5.41) is 22.7. The zero-order chi connectivity index (χ0) is 15.5. The molecule has 0 amide bonds. The molecule has 0 aliphatic rings. The Bertz CT molecular complexity index is 676. The van der Waals surface area contributed by atoms with Gasteiger partial charge in [-0.15, -0.1) is 10.2 Å². The summed E-state index contributed by atoms with van der Waals surface area (Å²) in [6, 6.07) is 0.238. The van der Waals surface area contributed by atoms with Crippen molar-refractivity contribution in [2.75, 3.05) is 0 Å². The Balaban J connectivity index is 2.15. The third-order valence-electron chi connectivity index (χ3n) is 2.79. The number of aromatic amines is 2. The van der Waals surface area contributed by atoms with Crippen molar-refractivity contribution in [1.29, 1.82) is 0 Å². The number of sulfonamides is 1. The molecule has 0 aliphatic carbocycles. The van der Waals surface area contributed by atoms with Crippen LogP contribution < -0.4 is 10.0 Å². The van der Waals surface area contributed by atoms with E-state index >= 15 is 0 Å². The first-order valence-electron chi connectivity index (χ1n) is 6.39. The molecule has 0 saturated carbocycles. The van der Waals surface area contributed by atoms with Crippen LogP contribution in [0.5, 0.6) is 0 Å². The van der Waals surface area contributed by atoms with Crippen molar-refractivity contribution in [3.05, 3.63) is 17.1 Å². The van der Waals surface area contributed by atoms with Crippen molar-refractivity contribution in [1.82, 2.24) is 40.9 Å². The van der Waals surface area contributed by atoms with Gasteiger partial charge in [-0.05, 0) is 6.92 Å². The number of rotatable bonds is 7. The van der Waals surface area contributed by atoms with Crippen LogP contribution in [0.25, 0.3) is 0 Å². The Hall–Kier alpha value is -1.85. The van der Waals surface area contributed by atoms with Crippen LogP contribution >= 0.6 is 0 Å². The van der Waals surface area contributed by atoms with Crippen molar-refractivity contribution < 1.29 is 8.42 Å². The molecule has 0 saturated heterocycles. The van der Waals surface area contributed by atoms with E-state index < -0.39 is 10.0 Å². The fraction of sp³-hybridized carbons (Fsp3) is 0.600. The van der Waals surface area contributed by atoms with Crippen LogP contribution in [0.2, 0.25) is 0 Å². The average Bonchev–Trinajstić information content (AvgIpc) is 3.03. The smallest absolute Gasteiger partial charge is 0.260 e. The molecule has 0 aliphatic heterocycles. The van der Waals surface area contributed by atoms with E-state index in [1.54, 1.807) is 6.92 Å². The monoisotopic (exact) mass is 314 g/mol. The SMILES string of the molecule is Cc1[nH]nc(S(=O)(=O)NCc2nn[nH]n2)c1CNC(C)C. The van der Waals surface area contributed by atoms with Crippen LogP contribution in [-0.2, 0) is 23.1 Å². The molecule has 11 heteroatoms. The lowest BCUT2D eigenvalue weighted by Crippen LogP contribution is -2.27. The molecule has 2 aromatic heterocycles.